The molecule has 0 amide bonds. The summed E-state index contributed by atoms with van der Waals surface area (Å²) in [6.45, 7) is 0. The van der Waals surface area contributed by atoms with Crippen LogP contribution in [0.1, 0.15) is 44.5 Å². The first-order valence-corrected chi connectivity index (χ1v) is 20.0. The van der Waals surface area contributed by atoms with Crippen molar-refractivity contribution in [2.45, 2.75) is 10.8 Å². The zero-order valence-electron chi connectivity index (χ0n) is 31.4. The molecule has 8 nitrogen and oxygen atoms in total. The smallest absolute Gasteiger partial charge is 0.275 e. The minimum Gasteiger partial charge on any atom is -0.507 e. The number of phenolic OH excluding ortho intramolecular Hbond substituents is 2. The number of rotatable bonds is 0. The normalized spacial score (nSPS) is 15.0. The van der Waals surface area contributed by atoms with Crippen LogP contribution >= 0.6 is 9.03 Å². The Hall–Kier alpha value is -6.72. The Balaban J connectivity index is 0.000000134. The first-order chi connectivity index (χ1) is 29.1. The molecule has 0 bridgehead atoms. The van der Waals surface area contributed by atoms with Crippen LogP contribution in [-0.2, 0) is 31.9 Å². The van der Waals surface area contributed by atoms with Gasteiger partial charge in [0, 0.05) is 43.3 Å². The molecule has 8 aromatic rings. The number of hydrogen-bond donors (Lipinski definition) is 2. The van der Waals surface area contributed by atoms with Crippen LogP contribution in [0.2, 0.25) is 0 Å². The molecule has 0 fully saturated rings. The van der Waals surface area contributed by atoms with E-state index in [9.17, 15) is 10.2 Å². The molecule has 290 valence electrons. The van der Waals surface area contributed by atoms with E-state index >= 15 is 0 Å². The molecule has 60 heavy (non-hydrogen) atoms. The van der Waals surface area contributed by atoms with E-state index < -0.39 is 10.8 Å². The van der Waals surface area contributed by atoms with Gasteiger partial charge >= 0.3 is 0 Å². The van der Waals surface area contributed by atoms with Gasteiger partial charge in [0.05, 0.1) is 33.1 Å². The maximum atomic E-state index is 11.0. The van der Waals surface area contributed by atoms with Gasteiger partial charge in [-0.25, -0.2) is 0 Å². The van der Waals surface area contributed by atoms with Crippen LogP contribution in [0.3, 0.4) is 0 Å². The second kappa shape index (κ2) is 13.7. The van der Waals surface area contributed by atoms with Gasteiger partial charge in [-0.15, -0.1) is 0 Å². The summed E-state index contributed by atoms with van der Waals surface area (Å²) in [5.74, 6) is 7.40. The fourth-order valence-electron chi connectivity index (χ4n) is 9.73. The van der Waals surface area contributed by atoms with E-state index in [-0.39, 0.29) is 41.6 Å². The van der Waals surface area contributed by atoms with Crippen molar-refractivity contribution in [1.29, 1.82) is 0 Å². The van der Waals surface area contributed by atoms with Gasteiger partial charge in [-0.2, -0.15) is 0 Å². The molecular weight excluding hydrogens is 943 g/mol. The standard InChI is InChI=1S/C25H15O4P.C25H16O4.W/c1-3-9-17-15(7-1)25-16-8-2-4-10-18(16)27-20-12-6-14-22(24(20)25)29-30-28-21-13-5-11-19(26-17)23(21)25;26-17-9-5-13-21-23(17)25(15-7-1-3-11-19(15)28-21)16-8-2-4-12-20(16)29-22-14-6-10-18(27)24(22)25;/h1-14,30H;1-14,26-27H;. The Bertz CT molecular complexity index is 2850. The summed E-state index contributed by atoms with van der Waals surface area (Å²) in [4.78, 5) is 0. The van der Waals surface area contributed by atoms with Crippen LogP contribution in [0, 0.1) is 0 Å². The maximum absolute atomic E-state index is 11.0. The summed E-state index contributed by atoms with van der Waals surface area (Å²) in [7, 11) is -0.161. The van der Waals surface area contributed by atoms with Crippen molar-refractivity contribution in [2.75, 3.05) is 0 Å². The zero-order valence-corrected chi connectivity index (χ0v) is 35.4. The molecule has 0 unspecified atom stereocenters. The van der Waals surface area contributed by atoms with Crippen LogP contribution < -0.4 is 28.0 Å². The third-order valence-electron chi connectivity index (χ3n) is 11.8. The van der Waals surface area contributed by atoms with Gasteiger partial charge in [0.15, 0.2) is 0 Å². The van der Waals surface area contributed by atoms with Gasteiger partial charge in [-0.3, -0.25) is 0 Å². The van der Waals surface area contributed by atoms with Crippen LogP contribution in [0.5, 0.6) is 69.0 Å². The van der Waals surface area contributed by atoms with Crippen molar-refractivity contribution in [3.8, 4) is 69.0 Å². The van der Waals surface area contributed by atoms with E-state index in [0.717, 1.165) is 67.9 Å². The van der Waals surface area contributed by atoms with Gasteiger partial charge in [0.1, 0.15) is 69.0 Å². The molecule has 2 spiro atoms. The maximum Gasteiger partial charge on any atom is 0.275 e. The number of ether oxygens (including phenoxy) is 4. The van der Waals surface area contributed by atoms with Crippen molar-refractivity contribution < 1.29 is 59.3 Å². The largest absolute Gasteiger partial charge is 0.507 e. The van der Waals surface area contributed by atoms with Gasteiger partial charge in [0.2, 0.25) is 0 Å². The van der Waals surface area contributed by atoms with Crippen molar-refractivity contribution in [1.82, 2.24) is 0 Å². The molecule has 0 aliphatic carbocycles. The van der Waals surface area contributed by atoms with Gasteiger partial charge in [-0.1, -0.05) is 97.1 Å². The number of fused-ring (bicyclic) bond motifs is 10. The molecule has 5 aliphatic heterocycles. The molecule has 8 aromatic carbocycles. The minimum absolute atomic E-state index is 0. The summed E-state index contributed by atoms with van der Waals surface area (Å²) >= 11 is 0. The molecule has 0 saturated carbocycles. The van der Waals surface area contributed by atoms with Gasteiger partial charge in [0.25, 0.3) is 9.03 Å². The number of phenols is 2. The first-order valence-electron chi connectivity index (χ1n) is 19.2. The predicted octanol–water partition coefficient (Wildman–Crippen LogP) is 12.2. The molecule has 0 saturated heterocycles. The number of benzene rings is 8. The van der Waals surface area contributed by atoms with Gasteiger partial charge < -0.3 is 38.2 Å². The molecule has 2 N–H and O–H groups in total. The Kier molecular flexibility index (Phi) is 8.29. The predicted molar refractivity (Wildman–Crippen MR) is 223 cm³/mol. The first kappa shape index (κ1) is 36.4. The Labute approximate surface area is 360 Å². The van der Waals surface area contributed by atoms with Gasteiger partial charge in [-0.05, 0) is 72.8 Å². The van der Waals surface area contributed by atoms with Crippen LogP contribution in [0.25, 0.3) is 0 Å². The fourth-order valence-corrected chi connectivity index (χ4v) is 10.3. The van der Waals surface area contributed by atoms with Crippen molar-refractivity contribution in [3.63, 3.8) is 0 Å². The van der Waals surface area contributed by atoms with E-state index in [0.29, 0.717) is 34.1 Å². The van der Waals surface area contributed by atoms with E-state index in [1.165, 1.54) is 0 Å². The Morgan fingerprint density at radius 2 is 0.567 bits per heavy atom. The van der Waals surface area contributed by atoms with Crippen molar-refractivity contribution in [3.05, 3.63) is 214 Å². The summed E-state index contributed by atoms with van der Waals surface area (Å²) in [6.07, 6.45) is 0. The fraction of sp³-hybridized carbons (Fsp3) is 0.0400. The molecule has 0 aromatic heterocycles. The summed E-state index contributed by atoms with van der Waals surface area (Å²) in [5, 5.41) is 22.1. The topological polar surface area (TPSA) is 95.8 Å². The molecular formula is C50H31O8PW. The summed E-state index contributed by atoms with van der Waals surface area (Å²) in [6, 6.07) is 54.2. The molecule has 10 heteroatoms. The average molecular weight is 975 g/mol. The monoisotopic (exact) mass is 974 g/mol. The third kappa shape index (κ3) is 4.86. The van der Waals surface area contributed by atoms with E-state index in [1.807, 2.05) is 133 Å². The number of para-hydroxylation sites is 4. The third-order valence-corrected chi connectivity index (χ3v) is 12.4. The van der Waals surface area contributed by atoms with Crippen molar-refractivity contribution >= 4 is 9.03 Å². The second-order valence-corrected chi connectivity index (χ2v) is 15.3. The zero-order chi connectivity index (χ0) is 39.3. The summed E-state index contributed by atoms with van der Waals surface area (Å²) < 4.78 is 37.4. The van der Waals surface area contributed by atoms with E-state index in [1.54, 1.807) is 24.3 Å². The quantitative estimate of drug-likeness (QED) is 0.145. The van der Waals surface area contributed by atoms with Crippen LogP contribution in [-0.4, -0.2) is 10.2 Å². The molecule has 13 rings (SSSR count). The van der Waals surface area contributed by atoms with Crippen LogP contribution in [0.4, 0.5) is 0 Å². The average Bonchev–Trinajstić information content (AvgIpc) is 3.26. The van der Waals surface area contributed by atoms with E-state index in [2.05, 4.69) is 12.1 Å². The van der Waals surface area contributed by atoms with E-state index in [4.69, 9.17) is 28.0 Å². The Morgan fingerprint density at radius 3 is 0.933 bits per heavy atom. The minimum atomic E-state index is -0.981. The molecule has 5 heterocycles. The molecule has 0 atom stereocenters. The summed E-state index contributed by atoms with van der Waals surface area (Å²) in [5.41, 5.74) is 5.29. The Morgan fingerprint density at radius 1 is 0.300 bits per heavy atom. The van der Waals surface area contributed by atoms with Crippen LogP contribution in [0.15, 0.2) is 170 Å². The SMILES string of the molecule is Oc1cccc2c1C1(c3ccccc3O2)c2ccccc2Oc2cccc(O)c21.[W].c1ccc2c(c1)Oc1cccc3c1C21c2ccccc2Oc2cccc(c21)OPO3. The second-order valence-electron chi connectivity index (χ2n) is 14.7. The molecule has 0 radical (unpaired) electrons. The number of hydrogen-bond acceptors (Lipinski definition) is 8. The van der Waals surface area contributed by atoms with Crippen molar-refractivity contribution in [2.24, 2.45) is 0 Å². The number of aromatic hydroxyl groups is 2. The molecule has 5 aliphatic rings.